The third-order valence-electron chi connectivity index (χ3n) is 4.52. The van der Waals surface area contributed by atoms with Crippen LogP contribution >= 0.6 is 15.9 Å². The van der Waals surface area contributed by atoms with Gasteiger partial charge in [-0.05, 0) is 68.5 Å². The molecule has 1 unspecified atom stereocenters. The molecule has 1 saturated carbocycles. The number of nitrogens with zero attached hydrogens (tertiary/aromatic N) is 1. The highest BCUT2D eigenvalue weighted by atomic mass is 79.9. The van der Waals surface area contributed by atoms with Crippen LogP contribution in [-0.2, 0) is 6.54 Å². The summed E-state index contributed by atoms with van der Waals surface area (Å²) < 4.78 is 6.52. The van der Waals surface area contributed by atoms with Crippen LogP contribution in [0.15, 0.2) is 22.7 Å². The van der Waals surface area contributed by atoms with Crippen molar-refractivity contribution in [3.8, 4) is 5.75 Å². The maximum Gasteiger partial charge on any atom is 0.119 e. The van der Waals surface area contributed by atoms with Gasteiger partial charge in [0.2, 0.25) is 0 Å². The number of hydrogen-bond acceptors (Lipinski definition) is 3. The molecule has 0 radical (unpaired) electrons. The normalized spacial score (nSPS) is 23.2. The molecule has 0 bridgehead atoms. The van der Waals surface area contributed by atoms with Crippen LogP contribution in [0.2, 0.25) is 0 Å². The van der Waals surface area contributed by atoms with E-state index in [0.29, 0.717) is 0 Å². The summed E-state index contributed by atoms with van der Waals surface area (Å²) in [6, 6.07) is 7.07. The second-order valence-electron chi connectivity index (χ2n) is 6.38. The van der Waals surface area contributed by atoms with Gasteiger partial charge in [0.1, 0.15) is 5.75 Å². The molecule has 0 aromatic heterocycles. The molecular formula is C17H25BrN2O. The van der Waals surface area contributed by atoms with Crippen LogP contribution in [0.4, 0.5) is 0 Å². The van der Waals surface area contributed by atoms with E-state index < -0.39 is 0 Å². The average Bonchev–Trinajstić information content (AvgIpc) is 3.32. The summed E-state index contributed by atoms with van der Waals surface area (Å²) in [7, 11) is 1.73. The molecule has 4 heteroatoms. The van der Waals surface area contributed by atoms with E-state index in [-0.39, 0.29) is 0 Å². The van der Waals surface area contributed by atoms with E-state index in [1.54, 1.807) is 7.11 Å². The Morgan fingerprint density at radius 3 is 2.95 bits per heavy atom. The summed E-state index contributed by atoms with van der Waals surface area (Å²) in [4.78, 5) is 2.59. The SMILES string of the molecule is COc1ccc(Br)c(CN2CCCC(CNC3CC3)C2)c1. The third-order valence-corrected chi connectivity index (χ3v) is 5.30. The Morgan fingerprint density at radius 1 is 1.33 bits per heavy atom. The number of likely N-dealkylation sites (tertiary alicyclic amines) is 1. The first-order chi connectivity index (χ1) is 10.2. The van der Waals surface area contributed by atoms with E-state index >= 15 is 0 Å². The van der Waals surface area contributed by atoms with Crippen LogP contribution in [0.3, 0.4) is 0 Å². The van der Waals surface area contributed by atoms with Gasteiger partial charge in [-0.25, -0.2) is 0 Å². The average molecular weight is 353 g/mol. The van der Waals surface area contributed by atoms with E-state index in [1.165, 1.54) is 55.4 Å². The fraction of sp³-hybridized carbons (Fsp3) is 0.647. The van der Waals surface area contributed by atoms with Crippen molar-refractivity contribution in [2.24, 2.45) is 5.92 Å². The molecule has 2 fully saturated rings. The number of nitrogens with one attached hydrogen (secondary N) is 1. The number of rotatable bonds is 6. The molecule has 21 heavy (non-hydrogen) atoms. The smallest absolute Gasteiger partial charge is 0.119 e. The standard InChI is InChI=1S/C17H25BrN2O/c1-21-16-6-7-17(18)14(9-16)12-20-8-2-3-13(11-20)10-19-15-4-5-15/h6-7,9,13,15,19H,2-5,8,10-12H2,1H3. The van der Waals surface area contributed by atoms with Gasteiger partial charge in [-0.15, -0.1) is 0 Å². The second kappa shape index (κ2) is 7.12. The Labute approximate surface area is 136 Å². The number of ether oxygens (including phenoxy) is 1. The maximum absolute atomic E-state index is 5.34. The molecule has 1 aromatic carbocycles. The Morgan fingerprint density at radius 2 is 2.19 bits per heavy atom. The molecule has 3 rings (SSSR count). The van der Waals surface area contributed by atoms with Crippen molar-refractivity contribution in [3.05, 3.63) is 28.2 Å². The minimum atomic E-state index is 0.809. The molecule has 1 N–H and O–H groups in total. The van der Waals surface area contributed by atoms with Gasteiger partial charge < -0.3 is 10.1 Å². The predicted molar refractivity (Wildman–Crippen MR) is 89.7 cm³/mol. The van der Waals surface area contributed by atoms with Crippen LogP contribution < -0.4 is 10.1 Å². The molecule has 1 atom stereocenters. The van der Waals surface area contributed by atoms with Crippen LogP contribution in [0.5, 0.6) is 5.75 Å². The molecule has 116 valence electrons. The molecule has 1 aliphatic carbocycles. The van der Waals surface area contributed by atoms with E-state index in [4.69, 9.17) is 4.74 Å². The molecule has 1 aliphatic heterocycles. The number of benzene rings is 1. The van der Waals surface area contributed by atoms with Crippen molar-refractivity contribution in [1.82, 2.24) is 10.2 Å². The van der Waals surface area contributed by atoms with E-state index in [9.17, 15) is 0 Å². The summed E-state index contributed by atoms with van der Waals surface area (Å²) in [5.74, 6) is 1.75. The first-order valence-electron chi connectivity index (χ1n) is 8.03. The molecule has 1 heterocycles. The molecular weight excluding hydrogens is 328 g/mol. The summed E-state index contributed by atoms with van der Waals surface area (Å²) in [5, 5.41) is 3.68. The van der Waals surface area contributed by atoms with Gasteiger partial charge >= 0.3 is 0 Å². The van der Waals surface area contributed by atoms with Crippen molar-refractivity contribution in [1.29, 1.82) is 0 Å². The highest BCUT2D eigenvalue weighted by Gasteiger charge is 2.25. The maximum atomic E-state index is 5.34. The van der Waals surface area contributed by atoms with Gasteiger partial charge in [0.15, 0.2) is 0 Å². The van der Waals surface area contributed by atoms with Gasteiger partial charge in [-0.2, -0.15) is 0 Å². The van der Waals surface area contributed by atoms with Gasteiger partial charge in [-0.3, -0.25) is 4.90 Å². The predicted octanol–water partition coefficient (Wildman–Crippen LogP) is 3.42. The summed E-state index contributed by atoms with van der Waals surface area (Å²) >= 11 is 3.67. The number of hydrogen-bond donors (Lipinski definition) is 1. The highest BCUT2D eigenvalue weighted by Crippen LogP contribution is 2.26. The molecule has 0 amide bonds. The zero-order valence-electron chi connectivity index (χ0n) is 12.8. The van der Waals surface area contributed by atoms with Crippen molar-refractivity contribution in [2.45, 2.75) is 38.3 Å². The van der Waals surface area contributed by atoms with E-state index in [0.717, 1.165) is 24.3 Å². The zero-order chi connectivity index (χ0) is 14.7. The van der Waals surface area contributed by atoms with Crippen molar-refractivity contribution in [2.75, 3.05) is 26.7 Å². The summed E-state index contributed by atoms with van der Waals surface area (Å²) in [6.07, 6.45) is 5.45. The second-order valence-corrected chi connectivity index (χ2v) is 7.24. The molecule has 1 saturated heterocycles. The van der Waals surface area contributed by atoms with Gasteiger partial charge in [0.25, 0.3) is 0 Å². The van der Waals surface area contributed by atoms with Crippen LogP contribution in [-0.4, -0.2) is 37.7 Å². The number of piperidine rings is 1. The number of methoxy groups -OCH3 is 1. The lowest BCUT2D eigenvalue weighted by atomic mass is 9.97. The van der Waals surface area contributed by atoms with Crippen LogP contribution in [0.1, 0.15) is 31.2 Å². The van der Waals surface area contributed by atoms with Crippen molar-refractivity contribution < 1.29 is 4.74 Å². The van der Waals surface area contributed by atoms with Gasteiger partial charge in [0.05, 0.1) is 7.11 Å². The van der Waals surface area contributed by atoms with Gasteiger partial charge in [-0.1, -0.05) is 15.9 Å². The topological polar surface area (TPSA) is 24.5 Å². The molecule has 1 aromatic rings. The lowest BCUT2D eigenvalue weighted by molar-refractivity contribution is 0.165. The van der Waals surface area contributed by atoms with E-state index in [1.807, 2.05) is 6.07 Å². The number of halogens is 1. The monoisotopic (exact) mass is 352 g/mol. The van der Waals surface area contributed by atoms with Gasteiger partial charge in [0, 0.05) is 23.6 Å². The lowest BCUT2D eigenvalue weighted by Crippen LogP contribution is -2.39. The van der Waals surface area contributed by atoms with Crippen molar-refractivity contribution >= 4 is 15.9 Å². The Balaban J connectivity index is 1.55. The summed E-state index contributed by atoms with van der Waals surface area (Å²) in [6.45, 7) is 4.63. The zero-order valence-corrected chi connectivity index (χ0v) is 14.4. The molecule has 0 spiro atoms. The third kappa shape index (κ3) is 4.44. The van der Waals surface area contributed by atoms with Crippen LogP contribution in [0.25, 0.3) is 0 Å². The first kappa shape index (κ1) is 15.3. The Kier molecular flexibility index (Phi) is 5.19. The minimum Gasteiger partial charge on any atom is -0.497 e. The Hall–Kier alpha value is -0.580. The van der Waals surface area contributed by atoms with E-state index in [2.05, 4.69) is 38.3 Å². The molecule has 3 nitrogen and oxygen atoms in total. The quantitative estimate of drug-likeness (QED) is 0.848. The Bertz CT molecular complexity index is 476. The lowest BCUT2D eigenvalue weighted by Gasteiger charge is -2.33. The fourth-order valence-corrected chi connectivity index (χ4v) is 3.49. The summed E-state index contributed by atoms with van der Waals surface area (Å²) in [5.41, 5.74) is 1.32. The van der Waals surface area contributed by atoms with Crippen molar-refractivity contribution in [3.63, 3.8) is 0 Å². The fourth-order valence-electron chi connectivity index (χ4n) is 3.12. The highest BCUT2D eigenvalue weighted by molar-refractivity contribution is 9.10. The largest absolute Gasteiger partial charge is 0.497 e. The first-order valence-corrected chi connectivity index (χ1v) is 8.82. The van der Waals surface area contributed by atoms with Crippen LogP contribution in [0, 0.1) is 5.92 Å². The minimum absolute atomic E-state index is 0.809. The molecule has 2 aliphatic rings.